The lowest BCUT2D eigenvalue weighted by atomic mass is 10.2. The van der Waals surface area contributed by atoms with Crippen LogP contribution in [0.1, 0.15) is 30.9 Å². The third-order valence-corrected chi connectivity index (χ3v) is 3.59. The van der Waals surface area contributed by atoms with Gasteiger partial charge in [0, 0.05) is 13.0 Å². The number of ether oxygens (including phenoxy) is 1. The van der Waals surface area contributed by atoms with E-state index in [1.807, 2.05) is 0 Å². The van der Waals surface area contributed by atoms with E-state index in [0.717, 1.165) is 37.5 Å². The quantitative estimate of drug-likeness (QED) is 0.619. The number of fused-ring (bicyclic) bond motifs is 1. The van der Waals surface area contributed by atoms with Crippen LogP contribution in [0.15, 0.2) is 6.20 Å². The topological polar surface area (TPSA) is 101 Å². The van der Waals surface area contributed by atoms with Crippen LogP contribution in [0, 0.1) is 10.1 Å². The average Bonchev–Trinajstić information content (AvgIpc) is 2.96. The number of hydrogen-bond donors (Lipinski definition) is 0. The van der Waals surface area contributed by atoms with Gasteiger partial charge in [-0.1, -0.05) is 6.42 Å². The summed E-state index contributed by atoms with van der Waals surface area (Å²) in [7, 11) is 1.36. The zero-order valence-corrected chi connectivity index (χ0v) is 11.7. The molecular formula is C12H16N6O3. The van der Waals surface area contributed by atoms with Crippen LogP contribution in [0.3, 0.4) is 0 Å². The molecule has 0 aromatic carbocycles. The lowest BCUT2D eigenvalue weighted by Gasteiger charge is -2.06. The van der Waals surface area contributed by atoms with Gasteiger partial charge in [-0.05, 0) is 12.8 Å². The summed E-state index contributed by atoms with van der Waals surface area (Å²) in [5, 5.41) is 23.4. The molecule has 1 aliphatic rings. The number of nitrogens with zero attached hydrogens (tertiary/aromatic N) is 6. The van der Waals surface area contributed by atoms with Crippen LogP contribution < -0.4 is 4.74 Å². The van der Waals surface area contributed by atoms with Crippen molar-refractivity contribution in [3.05, 3.63) is 28.0 Å². The summed E-state index contributed by atoms with van der Waals surface area (Å²) in [6.45, 7) is 1.23. The molecule has 0 aliphatic carbocycles. The Morgan fingerprint density at radius 2 is 2.24 bits per heavy atom. The molecule has 112 valence electrons. The van der Waals surface area contributed by atoms with Gasteiger partial charge in [-0.15, -0.1) is 15.3 Å². The van der Waals surface area contributed by atoms with E-state index in [9.17, 15) is 10.1 Å². The van der Waals surface area contributed by atoms with Gasteiger partial charge in [0.1, 0.15) is 18.6 Å². The highest BCUT2D eigenvalue weighted by Gasteiger charge is 2.22. The van der Waals surface area contributed by atoms with E-state index in [1.54, 1.807) is 0 Å². The molecule has 0 N–H and O–H groups in total. The van der Waals surface area contributed by atoms with E-state index in [0.29, 0.717) is 6.54 Å². The van der Waals surface area contributed by atoms with Crippen molar-refractivity contribution >= 4 is 5.69 Å². The van der Waals surface area contributed by atoms with Gasteiger partial charge >= 0.3 is 11.6 Å². The molecule has 9 nitrogen and oxygen atoms in total. The predicted molar refractivity (Wildman–Crippen MR) is 72.1 cm³/mol. The summed E-state index contributed by atoms with van der Waals surface area (Å²) in [6, 6.07) is 0. The molecule has 9 heteroatoms. The summed E-state index contributed by atoms with van der Waals surface area (Å²) >= 11 is 0. The Labute approximate surface area is 120 Å². The van der Waals surface area contributed by atoms with E-state index in [-0.39, 0.29) is 11.6 Å². The van der Waals surface area contributed by atoms with E-state index in [1.165, 1.54) is 24.4 Å². The number of rotatable bonds is 4. The van der Waals surface area contributed by atoms with Crippen molar-refractivity contribution in [2.45, 2.75) is 38.8 Å². The molecule has 2 aromatic rings. The lowest BCUT2D eigenvalue weighted by Crippen LogP contribution is -2.10. The van der Waals surface area contributed by atoms with E-state index >= 15 is 0 Å². The zero-order chi connectivity index (χ0) is 14.8. The van der Waals surface area contributed by atoms with Crippen molar-refractivity contribution in [2.75, 3.05) is 7.11 Å². The van der Waals surface area contributed by atoms with Crippen molar-refractivity contribution in [3.8, 4) is 5.88 Å². The second-order valence-electron chi connectivity index (χ2n) is 4.97. The average molecular weight is 292 g/mol. The molecular weight excluding hydrogens is 276 g/mol. The molecule has 0 bridgehead atoms. The predicted octanol–water partition coefficient (Wildman–Crippen LogP) is 1.17. The molecule has 0 atom stereocenters. The number of nitro groups is 1. The highest BCUT2D eigenvalue weighted by Crippen LogP contribution is 2.24. The fourth-order valence-electron chi connectivity index (χ4n) is 2.55. The Morgan fingerprint density at radius 1 is 1.38 bits per heavy atom. The number of aryl methyl sites for hydroxylation is 1. The Balaban J connectivity index is 1.87. The summed E-state index contributed by atoms with van der Waals surface area (Å²) in [4.78, 5) is 10.4. The second kappa shape index (κ2) is 5.51. The maximum atomic E-state index is 10.9. The first kappa shape index (κ1) is 13.5. The maximum Gasteiger partial charge on any atom is 0.350 e. The van der Waals surface area contributed by atoms with Crippen LogP contribution in [0.2, 0.25) is 0 Å². The van der Waals surface area contributed by atoms with Crippen LogP contribution in [0.25, 0.3) is 0 Å². The SMILES string of the molecule is COc1nn(Cc2nnc3n2CCCCC3)cc1[N+](=O)[O-]. The Hall–Kier alpha value is -2.45. The van der Waals surface area contributed by atoms with E-state index < -0.39 is 4.92 Å². The largest absolute Gasteiger partial charge is 0.475 e. The van der Waals surface area contributed by atoms with Gasteiger partial charge in [-0.3, -0.25) is 14.8 Å². The fourth-order valence-corrected chi connectivity index (χ4v) is 2.55. The molecule has 3 heterocycles. The van der Waals surface area contributed by atoms with Crippen LogP contribution in [0.5, 0.6) is 5.88 Å². The minimum atomic E-state index is -0.507. The Kier molecular flexibility index (Phi) is 3.55. The molecule has 3 rings (SSSR count). The summed E-state index contributed by atoms with van der Waals surface area (Å²) in [6.07, 6.45) is 5.69. The molecule has 0 unspecified atom stereocenters. The molecule has 1 aliphatic heterocycles. The molecule has 2 aromatic heterocycles. The first-order chi connectivity index (χ1) is 10.2. The normalized spacial score (nSPS) is 14.5. The van der Waals surface area contributed by atoms with Gasteiger partial charge < -0.3 is 9.30 Å². The van der Waals surface area contributed by atoms with E-state index in [2.05, 4.69) is 19.9 Å². The Morgan fingerprint density at radius 3 is 2.95 bits per heavy atom. The molecule has 0 saturated heterocycles. The smallest absolute Gasteiger partial charge is 0.350 e. The maximum absolute atomic E-state index is 10.9. The van der Waals surface area contributed by atoms with Crippen molar-refractivity contribution in [2.24, 2.45) is 0 Å². The molecule has 0 fully saturated rings. The van der Waals surface area contributed by atoms with E-state index in [4.69, 9.17) is 4.74 Å². The first-order valence-corrected chi connectivity index (χ1v) is 6.86. The third-order valence-electron chi connectivity index (χ3n) is 3.59. The van der Waals surface area contributed by atoms with Gasteiger partial charge in [0.15, 0.2) is 5.82 Å². The number of methoxy groups -OCH3 is 1. The van der Waals surface area contributed by atoms with Gasteiger partial charge in [0.05, 0.1) is 12.0 Å². The second-order valence-corrected chi connectivity index (χ2v) is 4.97. The Bertz CT molecular complexity index is 662. The van der Waals surface area contributed by atoms with Gasteiger partial charge in [-0.2, -0.15) is 0 Å². The van der Waals surface area contributed by atoms with Crippen LogP contribution >= 0.6 is 0 Å². The standard InChI is InChI=1S/C12H16N6O3/c1-21-12-9(18(19)20)7-16(15-12)8-11-14-13-10-5-3-2-4-6-17(10)11/h7H,2-6,8H2,1H3. The monoisotopic (exact) mass is 292 g/mol. The third kappa shape index (κ3) is 2.58. The molecule has 0 saturated carbocycles. The number of aromatic nitrogens is 5. The van der Waals surface area contributed by atoms with Crippen LogP contribution in [-0.2, 0) is 19.5 Å². The van der Waals surface area contributed by atoms with Crippen molar-refractivity contribution in [1.82, 2.24) is 24.5 Å². The number of hydrogen-bond acceptors (Lipinski definition) is 6. The minimum Gasteiger partial charge on any atom is -0.475 e. The summed E-state index contributed by atoms with van der Waals surface area (Å²) in [5.41, 5.74) is -0.145. The minimum absolute atomic E-state index is 0.00982. The summed E-state index contributed by atoms with van der Waals surface area (Å²) in [5.74, 6) is 1.76. The summed E-state index contributed by atoms with van der Waals surface area (Å²) < 4.78 is 8.48. The van der Waals surface area contributed by atoms with Crippen LogP contribution in [-0.4, -0.2) is 36.6 Å². The van der Waals surface area contributed by atoms with Crippen LogP contribution in [0.4, 0.5) is 5.69 Å². The fraction of sp³-hybridized carbons (Fsp3) is 0.583. The van der Waals surface area contributed by atoms with Gasteiger partial charge in [0.2, 0.25) is 0 Å². The molecule has 0 radical (unpaired) electrons. The molecule has 0 amide bonds. The van der Waals surface area contributed by atoms with Gasteiger partial charge in [0.25, 0.3) is 0 Å². The molecule has 0 spiro atoms. The van der Waals surface area contributed by atoms with Crippen molar-refractivity contribution < 1.29 is 9.66 Å². The highest BCUT2D eigenvalue weighted by atomic mass is 16.6. The molecule has 21 heavy (non-hydrogen) atoms. The van der Waals surface area contributed by atoms with Crippen molar-refractivity contribution in [1.29, 1.82) is 0 Å². The van der Waals surface area contributed by atoms with Crippen molar-refractivity contribution in [3.63, 3.8) is 0 Å². The van der Waals surface area contributed by atoms with Gasteiger partial charge in [-0.25, -0.2) is 0 Å². The lowest BCUT2D eigenvalue weighted by molar-refractivity contribution is -0.385. The zero-order valence-electron chi connectivity index (χ0n) is 11.7. The highest BCUT2D eigenvalue weighted by molar-refractivity contribution is 5.38. The first-order valence-electron chi connectivity index (χ1n) is 6.86.